The number of carbonyl (C=O) groups excluding carboxylic acids is 1. The monoisotopic (exact) mass is 200 g/mol. The fourth-order valence-electron chi connectivity index (χ4n) is 1.02. The van der Waals surface area contributed by atoms with Gasteiger partial charge in [0.25, 0.3) is 0 Å². The van der Waals surface area contributed by atoms with Gasteiger partial charge in [0.15, 0.2) is 0 Å². The molecule has 0 radical (unpaired) electrons. The summed E-state index contributed by atoms with van der Waals surface area (Å²) in [7, 11) is 0. The average molecular weight is 201 g/mol. The van der Waals surface area contributed by atoms with E-state index in [4.69, 9.17) is 11.6 Å². The zero-order valence-electron chi connectivity index (χ0n) is 7.31. The second kappa shape index (κ2) is 4.38. The standard InChI is InChI=1S/C10H10ClFO/c1-7(13)2-3-8-4-5-9(11)10(12)6-8/h4-6H,2-3H2,1H3. The zero-order chi connectivity index (χ0) is 9.84. The summed E-state index contributed by atoms with van der Waals surface area (Å²) in [5, 5.41) is 0.117. The number of halogens is 2. The van der Waals surface area contributed by atoms with Crippen LogP contribution in [0.2, 0.25) is 5.02 Å². The molecule has 1 nitrogen and oxygen atoms in total. The van der Waals surface area contributed by atoms with Crippen LogP contribution in [0.15, 0.2) is 18.2 Å². The van der Waals surface area contributed by atoms with Gasteiger partial charge >= 0.3 is 0 Å². The van der Waals surface area contributed by atoms with E-state index in [0.29, 0.717) is 12.8 Å². The molecule has 3 heteroatoms. The summed E-state index contributed by atoms with van der Waals surface area (Å²) in [5.41, 5.74) is 0.803. The molecule has 0 aliphatic rings. The van der Waals surface area contributed by atoms with E-state index in [0.717, 1.165) is 5.56 Å². The van der Waals surface area contributed by atoms with E-state index in [1.54, 1.807) is 6.07 Å². The maximum atomic E-state index is 12.9. The molecule has 0 aliphatic heterocycles. The highest BCUT2D eigenvalue weighted by atomic mass is 35.5. The van der Waals surface area contributed by atoms with Gasteiger partial charge in [-0.15, -0.1) is 0 Å². The van der Waals surface area contributed by atoms with Crippen LogP contribution in [0.25, 0.3) is 0 Å². The second-order valence-corrected chi connectivity index (χ2v) is 3.36. The third-order valence-electron chi connectivity index (χ3n) is 1.75. The maximum Gasteiger partial charge on any atom is 0.142 e. The Kier molecular flexibility index (Phi) is 3.43. The molecule has 0 aromatic heterocycles. The maximum absolute atomic E-state index is 12.9. The minimum atomic E-state index is -0.428. The Labute approximate surface area is 81.5 Å². The molecule has 0 aliphatic carbocycles. The van der Waals surface area contributed by atoms with Crippen molar-refractivity contribution in [3.63, 3.8) is 0 Å². The van der Waals surface area contributed by atoms with Crippen LogP contribution in [-0.2, 0) is 11.2 Å². The van der Waals surface area contributed by atoms with E-state index < -0.39 is 5.82 Å². The molecule has 0 unspecified atom stereocenters. The van der Waals surface area contributed by atoms with Gasteiger partial charge in [-0.05, 0) is 31.0 Å². The number of ketones is 1. The highest BCUT2D eigenvalue weighted by molar-refractivity contribution is 6.30. The van der Waals surface area contributed by atoms with Crippen molar-refractivity contribution >= 4 is 17.4 Å². The summed E-state index contributed by atoms with van der Waals surface area (Å²) in [6.45, 7) is 1.52. The van der Waals surface area contributed by atoms with E-state index >= 15 is 0 Å². The van der Waals surface area contributed by atoms with Crippen LogP contribution in [0.3, 0.4) is 0 Å². The van der Waals surface area contributed by atoms with Crippen molar-refractivity contribution in [1.29, 1.82) is 0 Å². The molecule has 1 rings (SSSR count). The molecule has 0 bridgehead atoms. The Hall–Kier alpha value is -0.890. The number of Topliss-reactive ketones (excluding diaryl/α,β-unsaturated/α-hetero) is 1. The highest BCUT2D eigenvalue weighted by Crippen LogP contribution is 2.16. The Morgan fingerprint density at radius 1 is 1.54 bits per heavy atom. The van der Waals surface area contributed by atoms with E-state index in [-0.39, 0.29) is 10.8 Å². The van der Waals surface area contributed by atoms with Crippen LogP contribution in [0.1, 0.15) is 18.9 Å². The van der Waals surface area contributed by atoms with Crippen molar-refractivity contribution in [3.05, 3.63) is 34.6 Å². The lowest BCUT2D eigenvalue weighted by molar-refractivity contribution is -0.116. The van der Waals surface area contributed by atoms with Crippen LogP contribution in [0.5, 0.6) is 0 Å². The molecule has 0 atom stereocenters. The van der Waals surface area contributed by atoms with E-state index in [1.165, 1.54) is 19.1 Å². The number of hydrogen-bond acceptors (Lipinski definition) is 1. The van der Waals surface area contributed by atoms with Crippen LogP contribution < -0.4 is 0 Å². The molecule has 1 aromatic carbocycles. The predicted octanol–water partition coefficient (Wildman–Crippen LogP) is 3.00. The van der Waals surface area contributed by atoms with Crippen molar-refractivity contribution in [2.45, 2.75) is 19.8 Å². The first-order valence-corrected chi connectivity index (χ1v) is 4.41. The summed E-state index contributed by atoms with van der Waals surface area (Å²) < 4.78 is 12.9. The molecule has 13 heavy (non-hydrogen) atoms. The fourth-order valence-corrected chi connectivity index (χ4v) is 1.13. The fraction of sp³-hybridized carbons (Fsp3) is 0.300. The molecule has 0 fully saturated rings. The first kappa shape index (κ1) is 10.2. The minimum Gasteiger partial charge on any atom is -0.300 e. The normalized spacial score (nSPS) is 10.1. The molecular formula is C10H10ClFO. The zero-order valence-corrected chi connectivity index (χ0v) is 8.07. The summed E-state index contributed by atoms with van der Waals surface area (Å²) >= 11 is 5.50. The highest BCUT2D eigenvalue weighted by Gasteiger charge is 2.01. The second-order valence-electron chi connectivity index (χ2n) is 2.95. The van der Waals surface area contributed by atoms with E-state index in [9.17, 15) is 9.18 Å². The average Bonchev–Trinajstić information content (AvgIpc) is 2.07. The molecule has 1 aromatic rings. The predicted molar refractivity (Wildman–Crippen MR) is 50.4 cm³/mol. The largest absolute Gasteiger partial charge is 0.300 e. The molecule has 0 N–H and O–H groups in total. The topological polar surface area (TPSA) is 17.1 Å². The van der Waals surface area contributed by atoms with Crippen LogP contribution >= 0.6 is 11.6 Å². The molecule has 0 spiro atoms. The molecule has 0 saturated carbocycles. The third-order valence-corrected chi connectivity index (χ3v) is 2.06. The number of carbonyl (C=O) groups is 1. The lowest BCUT2D eigenvalue weighted by Crippen LogP contribution is -1.94. The van der Waals surface area contributed by atoms with Gasteiger partial charge in [0, 0.05) is 6.42 Å². The third kappa shape index (κ3) is 3.15. The lowest BCUT2D eigenvalue weighted by atomic mass is 10.1. The molecule has 0 saturated heterocycles. The Morgan fingerprint density at radius 2 is 2.23 bits per heavy atom. The number of rotatable bonds is 3. The Morgan fingerprint density at radius 3 is 2.77 bits per heavy atom. The van der Waals surface area contributed by atoms with E-state index in [2.05, 4.69) is 0 Å². The van der Waals surface area contributed by atoms with Gasteiger partial charge in [0.05, 0.1) is 5.02 Å². The van der Waals surface area contributed by atoms with Gasteiger partial charge in [0.1, 0.15) is 11.6 Å². The van der Waals surface area contributed by atoms with Crippen LogP contribution in [-0.4, -0.2) is 5.78 Å². The van der Waals surface area contributed by atoms with Gasteiger partial charge in [-0.2, -0.15) is 0 Å². The number of benzene rings is 1. The smallest absolute Gasteiger partial charge is 0.142 e. The number of aryl methyl sites for hydroxylation is 1. The van der Waals surface area contributed by atoms with Crippen molar-refractivity contribution in [2.24, 2.45) is 0 Å². The number of hydrogen-bond donors (Lipinski definition) is 0. The van der Waals surface area contributed by atoms with Crippen molar-refractivity contribution in [1.82, 2.24) is 0 Å². The molecular weight excluding hydrogens is 191 g/mol. The van der Waals surface area contributed by atoms with Crippen molar-refractivity contribution in [2.75, 3.05) is 0 Å². The first-order chi connectivity index (χ1) is 6.09. The summed E-state index contributed by atoms with van der Waals surface area (Å²) in [4.78, 5) is 10.6. The minimum absolute atomic E-state index is 0.107. The van der Waals surface area contributed by atoms with Crippen LogP contribution in [0, 0.1) is 5.82 Å². The SMILES string of the molecule is CC(=O)CCc1ccc(Cl)c(F)c1. The van der Waals surface area contributed by atoms with E-state index in [1.807, 2.05) is 0 Å². The van der Waals surface area contributed by atoms with Crippen LogP contribution in [0.4, 0.5) is 4.39 Å². The molecule has 0 amide bonds. The summed E-state index contributed by atoms with van der Waals surface area (Å²) in [6, 6.07) is 4.60. The van der Waals surface area contributed by atoms with Gasteiger partial charge in [0.2, 0.25) is 0 Å². The van der Waals surface area contributed by atoms with Gasteiger partial charge < -0.3 is 4.79 Å². The van der Waals surface area contributed by atoms with Crippen molar-refractivity contribution < 1.29 is 9.18 Å². The van der Waals surface area contributed by atoms with Gasteiger partial charge in [-0.1, -0.05) is 17.7 Å². The quantitative estimate of drug-likeness (QED) is 0.733. The summed E-state index contributed by atoms with van der Waals surface area (Å²) in [6.07, 6.45) is 1.02. The molecule has 70 valence electrons. The Balaban J connectivity index is 2.68. The van der Waals surface area contributed by atoms with Gasteiger partial charge in [-0.25, -0.2) is 4.39 Å². The lowest BCUT2D eigenvalue weighted by Gasteiger charge is -2.00. The first-order valence-electron chi connectivity index (χ1n) is 4.03. The van der Waals surface area contributed by atoms with Gasteiger partial charge in [-0.3, -0.25) is 0 Å². The summed E-state index contributed by atoms with van der Waals surface area (Å²) in [5.74, 6) is -0.321. The van der Waals surface area contributed by atoms with Crippen molar-refractivity contribution in [3.8, 4) is 0 Å². The Bertz CT molecular complexity index is 323. The molecule has 0 heterocycles.